The fraction of sp³-hybridized carbons (Fsp3) is 0.236. The smallest absolute Gasteiger partial charge is 0.392 e. The average molecular weight is 771 g/mol. The molecule has 0 radical (unpaired) electrons. The molecule has 0 fully saturated rings. The van der Waals surface area contributed by atoms with E-state index in [0.717, 1.165) is 56.2 Å². The largest absolute Gasteiger partial charge is 0.499 e. The van der Waals surface area contributed by atoms with Crippen LogP contribution in [-0.2, 0) is 16.7 Å². The van der Waals surface area contributed by atoms with E-state index in [1.54, 1.807) is 0 Å². The number of pyridine rings is 1. The third-order valence-electron chi connectivity index (χ3n) is 13.0. The first-order valence-electron chi connectivity index (χ1n) is 21.5. The van der Waals surface area contributed by atoms with Crippen LogP contribution in [0.25, 0.3) is 72.7 Å². The Morgan fingerprint density at radius 2 is 1.32 bits per heavy atom. The lowest BCUT2D eigenvalue weighted by Crippen LogP contribution is -2.78. The van der Waals surface area contributed by atoms with E-state index in [4.69, 9.17) is 6.11 Å². The molecule has 0 saturated carbocycles. The molecular formula is C55H51N3O+2. The minimum Gasteiger partial charge on any atom is -0.392 e. The maximum Gasteiger partial charge on any atom is 0.499 e. The number of imidazole rings is 1. The van der Waals surface area contributed by atoms with Gasteiger partial charge >= 0.3 is 11.7 Å². The Bertz CT molecular complexity index is 3110. The number of aromatic nitrogens is 3. The van der Waals surface area contributed by atoms with Crippen LogP contribution in [0.5, 0.6) is 5.75 Å². The third-order valence-corrected chi connectivity index (χ3v) is 13.0. The summed E-state index contributed by atoms with van der Waals surface area (Å²) < 4.78 is 24.2. The summed E-state index contributed by atoms with van der Waals surface area (Å²) in [6.45, 7) is 19.8. The van der Waals surface area contributed by atoms with E-state index in [1.807, 2.05) is 13.8 Å². The summed E-state index contributed by atoms with van der Waals surface area (Å²) in [6.07, 6.45) is 2.25. The molecule has 5 heterocycles. The lowest BCUT2D eigenvalue weighted by atomic mass is 9.80. The first-order valence-corrected chi connectivity index (χ1v) is 21.0. The Labute approximate surface area is 349 Å². The quantitative estimate of drug-likeness (QED) is 0.163. The van der Waals surface area contributed by atoms with Crippen LogP contribution in [0.2, 0.25) is 0 Å². The highest BCUT2D eigenvalue weighted by molar-refractivity contribution is 5.98. The molecule has 59 heavy (non-hydrogen) atoms. The van der Waals surface area contributed by atoms with Crippen molar-refractivity contribution in [2.45, 2.75) is 84.9 Å². The summed E-state index contributed by atoms with van der Waals surface area (Å²) in [7, 11) is 0. The van der Waals surface area contributed by atoms with Crippen molar-refractivity contribution < 1.29 is 15.2 Å². The zero-order chi connectivity index (χ0) is 41.7. The van der Waals surface area contributed by atoms with Gasteiger partial charge in [0, 0.05) is 30.2 Å². The molecule has 3 aliphatic heterocycles. The second kappa shape index (κ2) is 12.1. The third kappa shape index (κ3) is 5.02. The molecule has 0 N–H and O–H groups in total. The molecule has 1 atom stereocenters. The molecule has 6 aromatic carbocycles. The van der Waals surface area contributed by atoms with Crippen LogP contribution in [0, 0.1) is 6.92 Å². The van der Waals surface area contributed by atoms with E-state index < -0.39 is 11.7 Å². The van der Waals surface area contributed by atoms with Crippen molar-refractivity contribution in [1.29, 1.82) is 0 Å². The molecule has 3 aliphatic rings. The number of nitrogens with zero attached hydrogens (tertiary/aromatic N) is 3. The van der Waals surface area contributed by atoms with Gasteiger partial charge in [-0.05, 0) is 106 Å². The monoisotopic (exact) mass is 770 g/mol. The molecule has 4 heteroatoms. The molecule has 4 nitrogen and oxygen atoms in total. The molecule has 2 aromatic heterocycles. The van der Waals surface area contributed by atoms with Crippen LogP contribution in [0.15, 0.2) is 140 Å². The normalized spacial score (nSPS) is 16.3. The van der Waals surface area contributed by atoms with Gasteiger partial charge < -0.3 is 4.74 Å². The van der Waals surface area contributed by atoms with E-state index in [2.05, 4.69) is 202 Å². The van der Waals surface area contributed by atoms with E-state index in [1.165, 1.54) is 50.1 Å². The Kier molecular flexibility index (Phi) is 7.15. The van der Waals surface area contributed by atoms with Gasteiger partial charge in [0.05, 0.1) is 5.56 Å². The minimum atomic E-state index is -1.04. The summed E-state index contributed by atoms with van der Waals surface area (Å²) in [4.78, 5) is 0. The van der Waals surface area contributed by atoms with Gasteiger partial charge in [0.25, 0.3) is 0 Å². The fourth-order valence-electron chi connectivity index (χ4n) is 9.80. The highest BCUT2D eigenvalue weighted by Gasteiger charge is 2.68. The standard InChI is InChI=1S/C55H51N3O/c1-33(2)37-23-26-46(43(29-37)36-21-24-39(25-22-36)53(4,5)6)57-47-15-12-14-41-44-31-40(54(7,8)9)32-45-48-30-38(35-19-17-34(3)18-20-35)27-28-56(48)55(50(44)45)58(51(41)47)52(57)42-13-10-11-16-49(42)59-55/h10-33H,1-9H3/q+2/i33D. The van der Waals surface area contributed by atoms with E-state index >= 15 is 0 Å². The van der Waals surface area contributed by atoms with Gasteiger partial charge in [0.2, 0.25) is 5.69 Å². The summed E-state index contributed by atoms with van der Waals surface area (Å²) in [5.74, 6) is 0.0757. The van der Waals surface area contributed by atoms with Crippen molar-refractivity contribution in [1.82, 2.24) is 4.57 Å². The van der Waals surface area contributed by atoms with Crippen LogP contribution in [-0.4, -0.2) is 4.57 Å². The number of ether oxygens (including phenoxy) is 1. The molecule has 8 aromatic rings. The number of rotatable bonds is 4. The maximum atomic E-state index is 9.15. The molecule has 1 unspecified atom stereocenters. The highest BCUT2D eigenvalue weighted by Crippen LogP contribution is 2.54. The molecule has 1 spiro atoms. The van der Waals surface area contributed by atoms with Crippen LogP contribution in [0.4, 0.5) is 0 Å². The van der Waals surface area contributed by atoms with Crippen LogP contribution in [0.3, 0.4) is 0 Å². The van der Waals surface area contributed by atoms with Crippen molar-refractivity contribution in [2.75, 3.05) is 0 Å². The number of hydrogen-bond donors (Lipinski definition) is 0. The highest BCUT2D eigenvalue weighted by atomic mass is 16.5. The predicted molar refractivity (Wildman–Crippen MR) is 240 cm³/mol. The fourth-order valence-corrected chi connectivity index (χ4v) is 9.80. The summed E-state index contributed by atoms with van der Waals surface area (Å²) in [5.41, 5.74) is 19.5. The van der Waals surface area contributed by atoms with Crippen molar-refractivity contribution in [3.8, 4) is 67.5 Å². The summed E-state index contributed by atoms with van der Waals surface area (Å²) >= 11 is 0. The number of hydrogen-bond acceptors (Lipinski definition) is 1. The molecule has 290 valence electrons. The van der Waals surface area contributed by atoms with Gasteiger partial charge in [0.1, 0.15) is 22.6 Å². The van der Waals surface area contributed by atoms with E-state index in [0.29, 0.717) is 0 Å². The molecule has 0 bridgehead atoms. The second-order valence-electron chi connectivity index (χ2n) is 19.2. The van der Waals surface area contributed by atoms with Gasteiger partial charge in [-0.15, -0.1) is 9.13 Å². The number of para-hydroxylation sites is 2. The Morgan fingerprint density at radius 3 is 2.05 bits per heavy atom. The van der Waals surface area contributed by atoms with Gasteiger partial charge in [-0.2, -0.15) is 4.57 Å². The van der Waals surface area contributed by atoms with Gasteiger partial charge in [-0.3, -0.25) is 0 Å². The SMILES string of the molecule is [2H]C(C)(C)c1ccc(-n2c3[n+]4c5c(cccc52)-c2cc(C(C)(C)C)cc5c2C4(Oc2ccccc2-3)[n+]2ccc(-c3ccc(C)cc3)cc2-5)c(-c2ccc(C(C)(C)C)cc2)c1. The molecule has 0 saturated heterocycles. The first kappa shape index (κ1) is 34.8. The lowest BCUT2D eigenvalue weighted by molar-refractivity contribution is -0.997. The van der Waals surface area contributed by atoms with Crippen molar-refractivity contribution >= 4 is 11.0 Å². The van der Waals surface area contributed by atoms with Crippen molar-refractivity contribution in [2.24, 2.45) is 0 Å². The maximum absolute atomic E-state index is 9.15. The van der Waals surface area contributed by atoms with E-state index in [9.17, 15) is 0 Å². The molecule has 0 aliphatic carbocycles. The van der Waals surface area contributed by atoms with Gasteiger partial charge in [-0.1, -0.05) is 134 Å². The lowest BCUT2D eigenvalue weighted by Gasteiger charge is -2.32. The Morgan fingerprint density at radius 1 is 0.627 bits per heavy atom. The molecular weight excluding hydrogens is 719 g/mol. The van der Waals surface area contributed by atoms with Crippen LogP contribution in [0.1, 0.15) is 90.5 Å². The Balaban J connectivity index is 1.28. The zero-order valence-corrected chi connectivity index (χ0v) is 35.5. The van der Waals surface area contributed by atoms with Crippen molar-refractivity contribution in [3.05, 3.63) is 167 Å². The van der Waals surface area contributed by atoms with Crippen LogP contribution >= 0.6 is 0 Å². The second-order valence-corrected chi connectivity index (χ2v) is 19.2. The number of aryl methyl sites for hydroxylation is 1. The van der Waals surface area contributed by atoms with Crippen LogP contribution < -0.4 is 13.9 Å². The summed E-state index contributed by atoms with van der Waals surface area (Å²) in [6, 6.07) is 49.3. The van der Waals surface area contributed by atoms with Gasteiger partial charge in [-0.25, -0.2) is 0 Å². The number of benzene rings is 6. The van der Waals surface area contributed by atoms with E-state index in [-0.39, 0.29) is 10.8 Å². The molecule has 11 rings (SSSR count). The predicted octanol–water partition coefficient (Wildman–Crippen LogP) is 12.8. The molecule has 0 amide bonds. The minimum absolute atomic E-state index is 0.0270. The number of fused-ring (bicyclic) bond motifs is 5. The van der Waals surface area contributed by atoms with Gasteiger partial charge in [0.15, 0.2) is 17.2 Å². The topological polar surface area (TPSA) is 21.9 Å². The first-order chi connectivity index (χ1) is 28.5. The van der Waals surface area contributed by atoms with Crippen molar-refractivity contribution in [3.63, 3.8) is 0 Å². The summed E-state index contributed by atoms with van der Waals surface area (Å²) in [5, 5.41) is 0. The average Bonchev–Trinajstić information content (AvgIpc) is 3.71. The zero-order valence-electron chi connectivity index (χ0n) is 36.5. The Hall–Kier alpha value is -6.26.